The molecule has 0 saturated carbocycles. The Hall–Kier alpha value is -1.06. The molecule has 0 radical (unpaired) electrons. The number of ether oxygens (including phenoxy) is 1. The molecule has 0 aliphatic carbocycles. The number of rotatable bonds is 5. The Kier molecular flexibility index (Phi) is 5.65. The first-order chi connectivity index (χ1) is 9.97. The molecule has 3 nitrogen and oxygen atoms in total. The molecule has 1 N–H and O–H groups in total. The van der Waals surface area contributed by atoms with Crippen LogP contribution in [0.1, 0.15) is 44.7 Å². The summed E-state index contributed by atoms with van der Waals surface area (Å²) in [5.74, 6) is 1.56. The smallest absolute Gasteiger partial charge is 0.119 e. The van der Waals surface area contributed by atoms with Crippen LogP contribution in [-0.4, -0.2) is 43.2 Å². The van der Waals surface area contributed by atoms with Crippen molar-refractivity contribution in [3.8, 4) is 5.75 Å². The van der Waals surface area contributed by atoms with Crippen molar-refractivity contribution in [1.82, 2.24) is 10.2 Å². The zero-order valence-corrected chi connectivity index (χ0v) is 14.1. The maximum absolute atomic E-state index is 5.95. The molecule has 1 aromatic rings. The van der Waals surface area contributed by atoms with E-state index in [-0.39, 0.29) is 0 Å². The number of hydrogen-bond donors (Lipinski definition) is 1. The molecule has 1 saturated heterocycles. The van der Waals surface area contributed by atoms with Crippen molar-refractivity contribution < 1.29 is 4.74 Å². The molecule has 0 spiro atoms. The minimum absolute atomic E-state index is 0.572. The predicted octanol–water partition coefficient (Wildman–Crippen LogP) is 3.18. The Morgan fingerprint density at radius 2 is 2.10 bits per heavy atom. The van der Waals surface area contributed by atoms with E-state index in [4.69, 9.17) is 4.74 Å². The van der Waals surface area contributed by atoms with Crippen LogP contribution in [0.4, 0.5) is 0 Å². The van der Waals surface area contributed by atoms with E-state index in [0.717, 1.165) is 32.0 Å². The van der Waals surface area contributed by atoms with Crippen molar-refractivity contribution in [3.63, 3.8) is 0 Å². The van der Waals surface area contributed by atoms with Crippen molar-refractivity contribution in [2.75, 3.05) is 26.2 Å². The molecule has 1 aromatic carbocycles. The summed E-state index contributed by atoms with van der Waals surface area (Å²) in [7, 11) is 0. The second-order valence-corrected chi connectivity index (χ2v) is 6.67. The Labute approximate surface area is 129 Å². The number of benzene rings is 1. The van der Waals surface area contributed by atoms with E-state index in [1.165, 1.54) is 11.1 Å². The third-order valence-corrected chi connectivity index (χ3v) is 4.40. The van der Waals surface area contributed by atoms with E-state index in [1.807, 2.05) is 0 Å². The topological polar surface area (TPSA) is 24.5 Å². The normalized spacial score (nSPS) is 23.5. The fraction of sp³-hybridized carbons (Fsp3) is 0.667. The summed E-state index contributed by atoms with van der Waals surface area (Å²) in [6.45, 7) is 15.1. The van der Waals surface area contributed by atoms with E-state index >= 15 is 0 Å². The summed E-state index contributed by atoms with van der Waals surface area (Å²) < 4.78 is 5.95. The highest BCUT2D eigenvalue weighted by Crippen LogP contribution is 2.23. The van der Waals surface area contributed by atoms with Gasteiger partial charge in [-0.05, 0) is 49.9 Å². The fourth-order valence-corrected chi connectivity index (χ4v) is 3.08. The molecule has 3 heteroatoms. The number of nitrogens with one attached hydrogen (secondary N) is 1. The van der Waals surface area contributed by atoms with Crippen molar-refractivity contribution in [1.29, 1.82) is 0 Å². The Bertz CT molecular complexity index is 459. The molecule has 1 aliphatic heterocycles. The zero-order valence-electron chi connectivity index (χ0n) is 14.1. The lowest BCUT2D eigenvalue weighted by Crippen LogP contribution is -2.55. The Morgan fingerprint density at radius 1 is 1.33 bits per heavy atom. The summed E-state index contributed by atoms with van der Waals surface area (Å²) >= 11 is 0. The van der Waals surface area contributed by atoms with Gasteiger partial charge in [0.2, 0.25) is 0 Å². The molecular weight excluding hydrogens is 260 g/mol. The first-order valence-electron chi connectivity index (χ1n) is 8.18. The minimum atomic E-state index is 0.572. The van der Waals surface area contributed by atoms with Gasteiger partial charge in [-0.2, -0.15) is 0 Å². The monoisotopic (exact) mass is 290 g/mol. The van der Waals surface area contributed by atoms with E-state index in [9.17, 15) is 0 Å². The van der Waals surface area contributed by atoms with Crippen LogP contribution in [0.5, 0.6) is 5.75 Å². The lowest BCUT2D eigenvalue weighted by molar-refractivity contribution is 0.123. The second-order valence-electron chi connectivity index (χ2n) is 6.67. The van der Waals surface area contributed by atoms with Crippen LogP contribution >= 0.6 is 0 Å². The number of aryl methyl sites for hydroxylation is 1. The van der Waals surface area contributed by atoms with Gasteiger partial charge < -0.3 is 10.1 Å². The van der Waals surface area contributed by atoms with Gasteiger partial charge >= 0.3 is 0 Å². The van der Waals surface area contributed by atoms with Gasteiger partial charge in [0.25, 0.3) is 0 Å². The van der Waals surface area contributed by atoms with Crippen molar-refractivity contribution in [3.05, 3.63) is 29.3 Å². The standard InChI is InChI=1S/C18H30N2O/c1-13(2)18-7-6-17(10-14(18)3)21-9-8-20-12-15(4)19-11-16(20)5/h6-7,10,13,15-16,19H,8-9,11-12H2,1-5H3. The first-order valence-corrected chi connectivity index (χ1v) is 8.18. The van der Waals surface area contributed by atoms with Gasteiger partial charge in [0.05, 0.1) is 0 Å². The summed E-state index contributed by atoms with van der Waals surface area (Å²) in [5, 5.41) is 3.51. The van der Waals surface area contributed by atoms with E-state index in [0.29, 0.717) is 18.0 Å². The highest BCUT2D eigenvalue weighted by molar-refractivity contribution is 5.36. The third kappa shape index (κ3) is 4.45. The predicted molar refractivity (Wildman–Crippen MR) is 89.3 cm³/mol. The number of nitrogens with zero attached hydrogens (tertiary/aromatic N) is 1. The first kappa shape index (κ1) is 16.3. The average molecular weight is 290 g/mol. The van der Waals surface area contributed by atoms with Gasteiger partial charge in [0.15, 0.2) is 0 Å². The van der Waals surface area contributed by atoms with Crippen LogP contribution in [-0.2, 0) is 0 Å². The van der Waals surface area contributed by atoms with E-state index in [2.05, 4.69) is 63.0 Å². The second kappa shape index (κ2) is 7.28. The molecule has 21 heavy (non-hydrogen) atoms. The molecule has 118 valence electrons. The highest BCUT2D eigenvalue weighted by atomic mass is 16.5. The maximum Gasteiger partial charge on any atom is 0.119 e. The average Bonchev–Trinajstić information content (AvgIpc) is 2.42. The van der Waals surface area contributed by atoms with Gasteiger partial charge in [-0.25, -0.2) is 0 Å². The van der Waals surface area contributed by atoms with Crippen LogP contribution in [0.3, 0.4) is 0 Å². The quantitative estimate of drug-likeness (QED) is 0.901. The van der Waals surface area contributed by atoms with Crippen molar-refractivity contribution in [2.24, 2.45) is 0 Å². The van der Waals surface area contributed by atoms with Gasteiger partial charge in [0, 0.05) is 31.7 Å². The van der Waals surface area contributed by atoms with Crippen LogP contribution in [0.25, 0.3) is 0 Å². The lowest BCUT2D eigenvalue weighted by atomic mass is 9.98. The van der Waals surface area contributed by atoms with Crippen molar-refractivity contribution >= 4 is 0 Å². The van der Waals surface area contributed by atoms with Gasteiger partial charge in [-0.1, -0.05) is 19.9 Å². The van der Waals surface area contributed by atoms with Crippen LogP contribution in [0.15, 0.2) is 18.2 Å². The molecule has 2 rings (SSSR count). The largest absolute Gasteiger partial charge is 0.492 e. The molecule has 0 bridgehead atoms. The SMILES string of the molecule is Cc1cc(OCCN2CC(C)NCC2C)ccc1C(C)C. The van der Waals surface area contributed by atoms with E-state index < -0.39 is 0 Å². The highest BCUT2D eigenvalue weighted by Gasteiger charge is 2.21. The Morgan fingerprint density at radius 3 is 2.76 bits per heavy atom. The third-order valence-electron chi connectivity index (χ3n) is 4.40. The number of piperazine rings is 1. The summed E-state index contributed by atoms with van der Waals surface area (Å²) in [5.41, 5.74) is 2.73. The van der Waals surface area contributed by atoms with E-state index in [1.54, 1.807) is 0 Å². The molecule has 0 aromatic heterocycles. The van der Waals surface area contributed by atoms with Crippen LogP contribution in [0, 0.1) is 6.92 Å². The molecule has 0 amide bonds. The van der Waals surface area contributed by atoms with Crippen LogP contribution < -0.4 is 10.1 Å². The molecule has 2 atom stereocenters. The van der Waals surface area contributed by atoms with Crippen molar-refractivity contribution in [2.45, 2.75) is 52.6 Å². The minimum Gasteiger partial charge on any atom is -0.492 e. The number of hydrogen-bond acceptors (Lipinski definition) is 3. The summed E-state index contributed by atoms with van der Waals surface area (Å²) in [6, 6.07) is 7.64. The molecule has 1 fully saturated rings. The van der Waals surface area contributed by atoms with Gasteiger partial charge in [0.1, 0.15) is 12.4 Å². The molecule has 2 unspecified atom stereocenters. The lowest BCUT2D eigenvalue weighted by Gasteiger charge is -2.37. The molecular formula is C18H30N2O. The zero-order chi connectivity index (χ0) is 15.4. The summed E-state index contributed by atoms with van der Waals surface area (Å²) in [4.78, 5) is 2.51. The summed E-state index contributed by atoms with van der Waals surface area (Å²) in [6.07, 6.45) is 0. The molecule has 1 aliphatic rings. The maximum atomic E-state index is 5.95. The molecule has 1 heterocycles. The van der Waals surface area contributed by atoms with Crippen LogP contribution in [0.2, 0.25) is 0 Å². The van der Waals surface area contributed by atoms with Gasteiger partial charge in [-0.3, -0.25) is 4.90 Å². The van der Waals surface area contributed by atoms with Gasteiger partial charge in [-0.15, -0.1) is 0 Å². The Balaban J connectivity index is 1.84. The fourth-order valence-electron chi connectivity index (χ4n) is 3.08.